The molecule has 1 aromatic heterocycles. The summed E-state index contributed by atoms with van der Waals surface area (Å²) in [4.78, 5) is 0. The van der Waals surface area contributed by atoms with Gasteiger partial charge < -0.3 is 0 Å². The molecule has 13 heteroatoms. The number of rotatable bonds is 6. The van der Waals surface area contributed by atoms with Gasteiger partial charge in [0.25, 0.3) is 0 Å². The van der Waals surface area contributed by atoms with E-state index in [1.165, 1.54) is 0 Å². The maximum Gasteiger partial charge on any atom is 0.511 e. The fraction of sp³-hybridized carbons (Fsp3) is 0.219. The normalized spacial score (nSPS) is 15.3. The second-order valence-electron chi connectivity index (χ2n) is 10.8. The van der Waals surface area contributed by atoms with Crippen LogP contribution in [0.2, 0.25) is 20.1 Å². The first-order chi connectivity index (χ1) is 21.3. The molecule has 1 aliphatic rings. The number of aromatic nitrogens is 2. The van der Waals surface area contributed by atoms with Crippen molar-refractivity contribution in [1.29, 1.82) is 0 Å². The minimum atomic E-state index is -5.42. The third kappa shape index (κ3) is 6.31. The monoisotopic (exact) mass is 711 g/mol. The van der Waals surface area contributed by atoms with Crippen LogP contribution in [0.25, 0.3) is 16.6 Å². The van der Waals surface area contributed by atoms with Crippen molar-refractivity contribution in [3.63, 3.8) is 0 Å². The SMILES string of the molecule is O=S(=O)(N1CCC(c2nn(-c3ccc(Cl)c(Cl)c3)c3ccc(C(c4ccc(Cl)cc4)c4ccc(Cl)cc4)cc23)CC1)C(F)(F)F. The summed E-state index contributed by atoms with van der Waals surface area (Å²) in [6.07, 6.45) is 0.343. The Bertz CT molecular complexity index is 1930. The topological polar surface area (TPSA) is 55.2 Å². The molecule has 0 atom stereocenters. The van der Waals surface area contributed by atoms with Gasteiger partial charge in [0.2, 0.25) is 0 Å². The second-order valence-corrected chi connectivity index (χ2v) is 14.4. The van der Waals surface area contributed by atoms with E-state index < -0.39 is 15.5 Å². The number of benzene rings is 4. The van der Waals surface area contributed by atoms with Crippen molar-refractivity contribution in [3.05, 3.63) is 127 Å². The van der Waals surface area contributed by atoms with E-state index in [0.29, 0.717) is 35.8 Å². The van der Waals surface area contributed by atoms with Crippen molar-refractivity contribution in [2.24, 2.45) is 0 Å². The van der Waals surface area contributed by atoms with Gasteiger partial charge in [0.15, 0.2) is 0 Å². The summed E-state index contributed by atoms with van der Waals surface area (Å²) in [6.45, 7) is -0.545. The summed E-state index contributed by atoms with van der Waals surface area (Å²) in [5, 5.41) is 7.67. The molecule has 5 nitrogen and oxygen atoms in total. The molecule has 1 saturated heterocycles. The molecule has 0 saturated carbocycles. The molecule has 5 aromatic rings. The molecule has 2 heterocycles. The van der Waals surface area contributed by atoms with Crippen molar-refractivity contribution >= 4 is 67.3 Å². The molecule has 0 unspecified atom stereocenters. The van der Waals surface area contributed by atoms with E-state index in [0.717, 1.165) is 27.6 Å². The van der Waals surface area contributed by atoms with Gasteiger partial charge in [0.1, 0.15) is 0 Å². The number of halogens is 7. The lowest BCUT2D eigenvalue weighted by Crippen LogP contribution is -2.44. The molecule has 0 N–H and O–H groups in total. The molecule has 1 fully saturated rings. The highest BCUT2D eigenvalue weighted by Gasteiger charge is 2.50. The van der Waals surface area contributed by atoms with Gasteiger partial charge in [-0.3, -0.25) is 0 Å². The van der Waals surface area contributed by atoms with Crippen LogP contribution in [-0.4, -0.2) is 41.1 Å². The lowest BCUT2D eigenvalue weighted by molar-refractivity contribution is -0.0494. The molecule has 0 aliphatic carbocycles. The van der Waals surface area contributed by atoms with E-state index in [4.69, 9.17) is 51.5 Å². The van der Waals surface area contributed by atoms with E-state index in [9.17, 15) is 21.6 Å². The van der Waals surface area contributed by atoms with Gasteiger partial charge >= 0.3 is 15.5 Å². The molecular formula is C32H24Cl4F3N3O2S. The standard InChI is InChI=1S/C32H24Cl4F3N3O2S/c33-23-6-1-19(2-7-23)30(20-3-8-24(34)9-4-20)22-5-12-29-26(17-22)31(40-42(29)25-10-11-27(35)28(36)18-25)21-13-15-41(16-14-21)45(43,44)32(37,38)39/h1-12,17-18,21,30H,13-16H2. The third-order valence-electron chi connectivity index (χ3n) is 8.09. The van der Waals surface area contributed by atoms with Crippen LogP contribution < -0.4 is 0 Å². The molecule has 234 valence electrons. The van der Waals surface area contributed by atoms with Crippen LogP contribution >= 0.6 is 46.4 Å². The Morgan fingerprint density at radius 1 is 0.733 bits per heavy atom. The van der Waals surface area contributed by atoms with Gasteiger partial charge in [0, 0.05) is 40.4 Å². The second kappa shape index (κ2) is 12.4. The first-order valence-electron chi connectivity index (χ1n) is 13.9. The van der Waals surface area contributed by atoms with Crippen LogP contribution in [0.1, 0.15) is 47.1 Å². The first-order valence-corrected chi connectivity index (χ1v) is 16.8. The average molecular weight is 713 g/mol. The van der Waals surface area contributed by atoms with Crippen LogP contribution in [0.5, 0.6) is 0 Å². The molecule has 0 spiro atoms. The Kier molecular flexibility index (Phi) is 8.89. The fourth-order valence-corrected chi connectivity index (χ4v) is 7.39. The van der Waals surface area contributed by atoms with E-state index in [-0.39, 0.29) is 37.8 Å². The van der Waals surface area contributed by atoms with Crippen molar-refractivity contribution < 1.29 is 21.6 Å². The molecule has 4 aromatic carbocycles. The Morgan fingerprint density at radius 2 is 1.29 bits per heavy atom. The largest absolute Gasteiger partial charge is 0.511 e. The van der Waals surface area contributed by atoms with Crippen LogP contribution in [0.3, 0.4) is 0 Å². The number of sulfonamides is 1. The summed E-state index contributed by atoms with van der Waals surface area (Å²) in [5.41, 5.74) is -0.363. The van der Waals surface area contributed by atoms with Crippen molar-refractivity contribution in [2.45, 2.75) is 30.2 Å². The lowest BCUT2D eigenvalue weighted by Gasteiger charge is -2.31. The number of piperidine rings is 1. The van der Waals surface area contributed by atoms with Crippen LogP contribution in [0.4, 0.5) is 13.2 Å². The zero-order valence-electron chi connectivity index (χ0n) is 23.3. The molecule has 0 bridgehead atoms. The highest BCUT2D eigenvalue weighted by atomic mass is 35.5. The zero-order chi connectivity index (χ0) is 32.1. The summed E-state index contributed by atoms with van der Waals surface area (Å²) in [7, 11) is -5.42. The maximum atomic E-state index is 13.3. The van der Waals surface area contributed by atoms with Gasteiger partial charge in [-0.05, 0) is 84.1 Å². The molecular weight excluding hydrogens is 689 g/mol. The predicted octanol–water partition coefficient (Wildman–Crippen LogP) is 9.85. The fourth-order valence-electron chi connectivity index (χ4n) is 5.86. The van der Waals surface area contributed by atoms with Gasteiger partial charge in [-0.1, -0.05) is 76.7 Å². The van der Waals surface area contributed by atoms with Crippen molar-refractivity contribution in [3.8, 4) is 5.69 Å². The summed E-state index contributed by atoms with van der Waals surface area (Å²) in [6, 6.07) is 26.3. The number of hydrogen-bond acceptors (Lipinski definition) is 3. The van der Waals surface area contributed by atoms with E-state index in [1.54, 1.807) is 22.9 Å². The third-order valence-corrected chi connectivity index (χ3v) is 11.0. The molecule has 0 amide bonds. The molecule has 45 heavy (non-hydrogen) atoms. The van der Waals surface area contributed by atoms with Crippen molar-refractivity contribution in [1.82, 2.24) is 14.1 Å². The Labute approximate surface area is 278 Å². The maximum absolute atomic E-state index is 13.3. The first kappa shape index (κ1) is 32.2. The summed E-state index contributed by atoms with van der Waals surface area (Å²) >= 11 is 24.9. The Morgan fingerprint density at radius 3 is 1.82 bits per heavy atom. The summed E-state index contributed by atoms with van der Waals surface area (Å²) in [5.74, 6) is -0.500. The van der Waals surface area contributed by atoms with Gasteiger partial charge in [-0.25, -0.2) is 13.1 Å². The van der Waals surface area contributed by atoms with E-state index in [1.807, 2.05) is 66.7 Å². The highest BCUT2D eigenvalue weighted by molar-refractivity contribution is 7.90. The quantitative estimate of drug-likeness (QED) is 0.165. The Balaban J connectivity index is 1.48. The van der Waals surface area contributed by atoms with Crippen LogP contribution in [0, 0.1) is 0 Å². The number of hydrogen-bond donors (Lipinski definition) is 0. The summed E-state index contributed by atoms with van der Waals surface area (Å²) < 4.78 is 66.2. The molecule has 6 rings (SSSR count). The molecule has 1 aliphatic heterocycles. The minimum Gasteiger partial charge on any atom is -0.233 e. The zero-order valence-corrected chi connectivity index (χ0v) is 27.1. The number of nitrogens with zero attached hydrogens (tertiary/aromatic N) is 3. The average Bonchev–Trinajstić information content (AvgIpc) is 3.39. The van der Waals surface area contributed by atoms with Gasteiger partial charge in [-0.2, -0.15) is 22.6 Å². The predicted molar refractivity (Wildman–Crippen MR) is 173 cm³/mol. The van der Waals surface area contributed by atoms with Gasteiger partial charge in [0.05, 0.1) is 26.9 Å². The lowest BCUT2D eigenvalue weighted by atomic mass is 9.84. The van der Waals surface area contributed by atoms with Gasteiger partial charge in [-0.15, -0.1) is 0 Å². The van der Waals surface area contributed by atoms with Crippen LogP contribution in [0.15, 0.2) is 84.9 Å². The van der Waals surface area contributed by atoms with Crippen molar-refractivity contribution in [2.75, 3.05) is 13.1 Å². The van der Waals surface area contributed by atoms with Crippen LogP contribution in [-0.2, 0) is 10.0 Å². The van der Waals surface area contributed by atoms with E-state index >= 15 is 0 Å². The minimum absolute atomic E-state index is 0.171. The molecule has 0 radical (unpaired) electrons. The number of alkyl halides is 3. The number of fused-ring (bicyclic) bond motifs is 1. The Hall–Kier alpha value is -2.79. The smallest absolute Gasteiger partial charge is 0.233 e. The van der Waals surface area contributed by atoms with E-state index in [2.05, 4.69) is 0 Å². The highest BCUT2D eigenvalue weighted by Crippen LogP contribution is 2.40.